The third-order valence-electron chi connectivity index (χ3n) is 3.71. The van der Waals surface area contributed by atoms with Crippen LogP contribution in [0.5, 0.6) is 0 Å². The minimum Gasteiger partial charge on any atom is -0.481 e. The van der Waals surface area contributed by atoms with E-state index in [1.54, 1.807) is 24.3 Å². The van der Waals surface area contributed by atoms with Crippen molar-refractivity contribution in [1.29, 1.82) is 0 Å². The Hall–Kier alpha value is -2.30. The van der Waals surface area contributed by atoms with Gasteiger partial charge in [-0.2, -0.15) is 13.2 Å². The second-order valence-electron chi connectivity index (χ2n) is 5.38. The Morgan fingerprint density at radius 3 is 2.26 bits per heavy atom. The van der Waals surface area contributed by atoms with Gasteiger partial charge >= 0.3 is 12.1 Å². The van der Waals surface area contributed by atoms with E-state index >= 15 is 0 Å². The SMILES string of the molecule is CCCC(C(=O)O)c1cccc(-c2ccc(C(F)(F)F)cc2)c1. The zero-order valence-electron chi connectivity index (χ0n) is 12.6. The average molecular weight is 322 g/mol. The van der Waals surface area contributed by atoms with Crippen LogP contribution in [0, 0.1) is 0 Å². The number of hydrogen-bond acceptors (Lipinski definition) is 1. The average Bonchev–Trinajstić information content (AvgIpc) is 2.52. The van der Waals surface area contributed by atoms with Gasteiger partial charge in [0.2, 0.25) is 0 Å². The third kappa shape index (κ3) is 4.12. The smallest absolute Gasteiger partial charge is 0.416 e. The van der Waals surface area contributed by atoms with Crippen LogP contribution in [0.2, 0.25) is 0 Å². The van der Waals surface area contributed by atoms with Gasteiger partial charge in [0.1, 0.15) is 0 Å². The van der Waals surface area contributed by atoms with Crippen LogP contribution in [0.25, 0.3) is 11.1 Å². The highest BCUT2D eigenvalue weighted by Gasteiger charge is 2.30. The summed E-state index contributed by atoms with van der Waals surface area (Å²) in [6.07, 6.45) is -3.11. The predicted molar refractivity (Wildman–Crippen MR) is 82.2 cm³/mol. The summed E-state index contributed by atoms with van der Waals surface area (Å²) in [5.41, 5.74) is 1.29. The first-order valence-electron chi connectivity index (χ1n) is 7.33. The lowest BCUT2D eigenvalue weighted by Gasteiger charge is -2.13. The summed E-state index contributed by atoms with van der Waals surface area (Å²) in [6, 6.07) is 11.8. The van der Waals surface area contributed by atoms with Gasteiger partial charge < -0.3 is 5.11 Å². The molecule has 0 heterocycles. The Bertz CT molecular complexity index is 675. The van der Waals surface area contributed by atoms with Gasteiger partial charge in [-0.3, -0.25) is 4.79 Å². The minimum atomic E-state index is -4.37. The third-order valence-corrected chi connectivity index (χ3v) is 3.71. The molecule has 0 aliphatic heterocycles. The summed E-state index contributed by atoms with van der Waals surface area (Å²) in [4.78, 5) is 11.4. The van der Waals surface area contributed by atoms with Crippen molar-refractivity contribution in [1.82, 2.24) is 0 Å². The van der Waals surface area contributed by atoms with Gasteiger partial charge in [0.05, 0.1) is 11.5 Å². The highest BCUT2D eigenvalue weighted by Crippen LogP contribution is 2.32. The van der Waals surface area contributed by atoms with E-state index in [-0.39, 0.29) is 0 Å². The maximum Gasteiger partial charge on any atom is 0.416 e. The molecular weight excluding hydrogens is 305 g/mol. The first-order valence-corrected chi connectivity index (χ1v) is 7.33. The van der Waals surface area contributed by atoms with Crippen molar-refractivity contribution in [2.45, 2.75) is 31.9 Å². The maximum atomic E-state index is 12.6. The second-order valence-corrected chi connectivity index (χ2v) is 5.38. The molecule has 1 unspecified atom stereocenters. The molecule has 0 aliphatic rings. The van der Waals surface area contributed by atoms with Crippen molar-refractivity contribution < 1.29 is 23.1 Å². The van der Waals surface area contributed by atoms with Crippen LogP contribution in [0.4, 0.5) is 13.2 Å². The molecule has 0 spiro atoms. The highest BCUT2D eigenvalue weighted by molar-refractivity contribution is 5.77. The van der Waals surface area contributed by atoms with Gasteiger partial charge in [-0.1, -0.05) is 49.7 Å². The van der Waals surface area contributed by atoms with Gasteiger partial charge in [-0.25, -0.2) is 0 Å². The lowest BCUT2D eigenvalue weighted by Crippen LogP contribution is -2.11. The van der Waals surface area contributed by atoms with E-state index in [1.165, 1.54) is 12.1 Å². The zero-order chi connectivity index (χ0) is 17.0. The number of alkyl halides is 3. The first kappa shape index (κ1) is 17.1. The van der Waals surface area contributed by atoms with Crippen molar-refractivity contribution in [3.63, 3.8) is 0 Å². The van der Waals surface area contributed by atoms with Gasteiger partial charge in [0.25, 0.3) is 0 Å². The molecule has 0 saturated carbocycles. The van der Waals surface area contributed by atoms with E-state index in [9.17, 15) is 23.1 Å². The largest absolute Gasteiger partial charge is 0.481 e. The Morgan fingerprint density at radius 1 is 1.09 bits per heavy atom. The summed E-state index contributed by atoms with van der Waals surface area (Å²) < 4.78 is 37.8. The van der Waals surface area contributed by atoms with Gasteiger partial charge in [-0.05, 0) is 35.2 Å². The van der Waals surface area contributed by atoms with Crippen LogP contribution in [-0.2, 0) is 11.0 Å². The summed E-state index contributed by atoms with van der Waals surface area (Å²) in [6.45, 7) is 1.91. The molecule has 23 heavy (non-hydrogen) atoms. The molecule has 2 rings (SSSR count). The number of halogens is 3. The number of carboxylic acids is 1. The van der Waals surface area contributed by atoms with Crippen molar-refractivity contribution >= 4 is 5.97 Å². The molecular formula is C18H17F3O2. The van der Waals surface area contributed by atoms with E-state index in [4.69, 9.17) is 0 Å². The van der Waals surface area contributed by atoms with Crippen molar-refractivity contribution in [2.24, 2.45) is 0 Å². The number of benzene rings is 2. The second kappa shape index (κ2) is 6.86. The fourth-order valence-corrected chi connectivity index (χ4v) is 2.51. The number of rotatable bonds is 5. The first-order chi connectivity index (χ1) is 10.8. The Balaban J connectivity index is 2.34. The van der Waals surface area contributed by atoms with E-state index in [1.807, 2.05) is 6.92 Å². The van der Waals surface area contributed by atoms with Gasteiger partial charge in [0, 0.05) is 0 Å². The van der Waals surface area contributed by atoms with Gasteiger partial charge in [0.15, 0.2) is 0 Å². The quantitative estimate of drug-likeness (QED) is 0.806. The Kier molecular flexibility index (Phi) is 5.08. The normalized spacial score (nSPS) is 12.9. The Labute approximate surface area is 132 Å². The molecule has 1 N–H and O–H groups in total. The summed E-state index contributed by atoms with van der Waals surface area (Å²) in [5, 5.41) is 9.32. The fourth-order valence-electron chi connectivity index (χ4n) is 2.51. The molecule has 2 nitrogen and oxygen atoms in total. The van der Waals surface area contributed by atoms with Crippen molar-refractivity contribution in [3.05, 3.63) is 59.7 Å². The lowest BCUT2D eigenvalue weighted by molar-refractivity contribution is -0.139. The van der Waals surface area contributed by atoms with Crippen LogP contribution in [-0.4, -0.2) is 11.1 Å². The van der Waals surface area contributed by atoms with E-state index in [0.29, 0.717) is 23.1 Å². The monoisotopic (exact) mass is 322 g/mol. The topological polar surface area (TPSA) is 37.3 Å². The molecule has 122 valence electrons. The zero-order valence-corrected chi connectivity index (χ0v) is 12.6. The van der Waals surface area contributed by atoms with Crippen LogP contribution < -0.4 is 0 Å². The summed E-state index contributed by atoms with van der Waals surface area (Å²) in [7, 11) is 0. The van der Waals surface area contributed by atoms with E-state index < -0.39 is 23.6 Å². The standard InChI is InChI=1S/C18H17F3O2/c1-2-4-16(17(22)23)14-6-3-5-13(11-14)12-7-9-15(10-8-12)18(19,20)21/h3,5-11,16H,2,4H2,1H3,(H,22,23). The Morgan fingerprint density at radius 2 is 1.74 bits per heavy atom. The molecule has 2 aromatic carbocycles. The number of carbonyl (C=O) groups is 1. The number of hydrogen-bond donors (Lipinski definition) is 1. The molecule has 5 heteroatoms. The molecule has 1 atom stereocenters. The van der Waals surface area contributed by atoms with E-state index in [0.717, 1.165) is 18.6 Å². The number of aliphatic carboxylic acids is 1. The van der Waals surface area contributed by atoms with Crippen LogP contribution in [0.15, 0.2) is 48.5 Å². The fraction of sp³-hybridized carbons (Fsp3) is 0.278. The minimum absolute atomic E-state index is 0.520. The number of carboxylic acid groups (broad SMARTS) is 1. The highest BCUT2D eigenvalue weighted by atomic mass is 19.4. The lowest BCUT2D eigenvalue weighted by atomic mass is 9.92. The van der Waals surface area contributed by atoms with Crippen LogP contribution in [0.3, 0.4) is 0 Å². The molecule has 0 bridgehead atoms. The molecule has 0 aromatic heterocycles. The molecule has 2 aromatic rings. The van der Waals surface area contributed by atoms with E-state index in [2.05, 4.69) is 0 Å². The van der Waals surface area contributed by atoms with Crippen molar-refractivity contribution in [2.75, 3.05) is 0 Å². The molecule has 0 amide bonds. The summed E-state index contributed by atoms with van der Waals surface area (Å²) in [5.74, 6) is -1.49. The molecule has 0 radical (unpaired) electrons. The predicted octanol–water partition coefficient (Wildman–Crippen LogP) is 5.34. The molecule has 0 aliphatic carbocycles. The van der Waals surface area contributed by atoms with Crippen LogP contribution >= 0.6 is 0 Å². The molecule has 0 fully saturated rings. The van der Waals surface area contributed by atoms with Crippen LogP contribution in [0.1, 0.15) is 36.8 Å². The summed E-state index contributed by atoms with van der Waals surface area (Å²) >= 11 is 0. The van der Waals surface area contributed by atoms with Crippen molar-refractivity contribution in [3.8, 4) is 11.1 Å². The van der Waals surface area contributed by atoms with Gasteiger partial charge in [-0.15, -0.1) is 0 Å². The molecule has 0 saturated heterocycles. The maximum absolute atomic E-state index is 12.6.